The molecule has 4 nitrogen and oxygen atoms in total. The van der Waals surface area contributed by atoms with Gasteiger partial charge in [0, 0.05) is 16.6 Å². The van der Waals surface area contributed by atoms with Crippen LogP contribution in [0.5, 0.6) is 0 Å². The normalized spacial score (nSPS) is 15.5. The topological polar surface area (TPSA) is 58.2 Å². The van der Waals surface area contributed by atoms with E-state index >= 15 is 0 Å². The van der Waals surface area contributed by atoms with Crippen LogP contribution in [-0.4, -0.2) is 18.4 Å². The first-order chi connectivity index (χ1) is 10.1. The minimum atomic E-state index is -0.218. The summed E-state index contributed by atoms with van der Waals surface area (Å²) in [6, 6.07) is 5.28. The third-order valence-electron chi connectivity index (χ3n) is 3.86. The van der Waals surface area contributed by atoms with Gasteiger partial charge in [-0.05, 0) is 43.5 Å². The summed E-state index contributed by atoms with van der Waals surface area (Å²) in [6.07, 6.45) is 5.29. The molecule has 0 saturated heterocycles. The summed E-state index contributed by atoms with van der Waals surface area (Å²) < 4.78 is 0. The summed E-state index contributed by atoms with van der Waals surface area (Å²) in [4.78, 5) is 23.8. The van der Waals surface area contributed by atoms with Crippen LogP contribution in [0.25, 0.3) is 0 Å². The predicted molar refractivity (Wildman–Crippen MR) is 84.4 cm³/mol. The zero-order chi connectivity index (χ0) is 15.2. The van der Waals surface area contributed by atoms with E-state index in [1.807, 2.05) is 6.92 Å². The summed E-state index contributed by atoms with van der Waals surface area (Å²) in [6.45, 7) is 1.89. The number of anilines is 1. The van der Waals surface area contributed by atoms with Crippen LogP contribution in [0.3, 0.4) is 0 Å². The molecule has 1 aliphatic carbocycles. The Kier molecular flexibility index (Phi) is 5.62. The average Bonchev–Trinajstić information content (AvgIpc) is 2.48. The molecule has 5 heteroatoms. The smallest absolute Gasteiger partial charge is 0.243 e. The Bertz CT molecular complexity index is 525. The fourth-order valence-corrected chi connectivity index (χ4v) is 2.86. The van der Waals surface area contributed by atoms with Gasteiger partial charge in [-0.2, -0.15) is 0 Å². The van der Waals surface area contributed by atoms with Crippen LogP contribution in [0.2, 0.25) is 5.02 Å². The molecule has 0 unspecified atom stereocenters. The average molecular weight is 309 g/mol. The van der Waals surface area contributed by atoms with Crippen LogP contribution in [-0.2, 0) is 9.59 Å². The summed E-state index contributed by atoms with van der Waals surface area (Å²) in [5.74, 6) is -0.147. The van der Waals surface area contributed by atoms with Gasteiger partial charge in [0.1, 0.15) is 0 Å². The number of benzene rings is 1. The van der Waals surface area contributed by atoms with Crippen molar-refractivity contribution in [3.63, 3.8) is 0 Å². The van der Waals surface area contributed by atoms with Crippen molar-refractivity contribution >= 4 is 29.1 Å². The zero-order valence-corrected chi connectivity index (χ0v) is 13.0. The number of amides is 2. The van der Waals surface area contributed by atoms with Gasteiger partial charge in [-0.3, -0.25) is 9.59 Å². The molecular weight excluding hydrogens is 288 g/mol. The number of nitrogens with one attached hydrogen (secondary N) is 2. The molecular formula is C16H21ClN2O2. The Balaban J connectivity index is 1.80. The highest BCUT2D eigenvalue weighted by Gasteiger charge is 2.21. The molecule has 0 heterocycles. The lowest BCUT2D eigenvalue weighted by molar-refractivity contribution is -0.128. The Morgan fingerprint density at radius 3 is 2.62 bits per heavy atom. The van der Waals surface area contributed by atoms with E-state index in [9.17, 15) is 9.59 Å². The summed E-state index contributed by atoms with van der Waals surface area (Å²) in [5.41, 5.74) is 1.62. The van der Waals surface area contributed by atoms with Crippen molar-refractivity contribution in [3.8, 4) is 0 Å². The third kappa shape index (κ3) is 4.74. The van der Waals surface area contributed by atoms with Crippen molar-refractivity contribution in [1.29, 1.82) is 0 Å². The molecule has 0 spiro atoms. The van der Waals surface area contributed by atoms with E-state index < -0.39 is 0 Å². The van der Waals surface area contributed by atoms with Crippen LogP contribution in [0.4, 0.5) is 5.69 Å². The largest absolute Gasteiger partial charge is 0.347 e. The van der Waals surface area contributed by atoms with Crippen molar-refractivity contribution in [3.05, 3.63) is 28.8 Å². The van der Waals surface area contributed by atoms with Crippen LogP contribution in [0.1, 0.15) is 37.7 Å². The van der Waals surface area contributed by atoms with E-state index in [4.69, 9.17) is 11.6 Å². The number of aryl methyl sites for hydroxylation is 1. The third-order valence-corrected chi connectivity index (χ3v) is 4.10. The van der Waals surface area contributed by atoms with Gasteiger partial charge in [-0.1, -0.05) is 30.9 Å². The second kappa shape index (κ2) is 7.46. The summed E-state index contributed by atoms with van der Waals surface area (Å²) in [5, 5.41) is 6.14. The van der Waals surface area contributed by atoms with E-state index in [1.165, 1.54) is 6.42 Å². The molecule has 1 saturated carbocycles. The molecule has 0 radical (unpaired) electrons. The number of rotatable bonds is 4. The molecule has 0 atom stereocenters. The monoisotopic (exact) mass is 308 g/mol. The lowest BCUT2D eigenvalue weighted by Crippen LogP contribution is -2.37. The highest BCUT2D eigenvalue weighted by atomic mass is 35.5. The minimum Gasteiger partial charge on any atom is -0.347 e. The van der Waals surface area contributed by atoms with Gasteiger partial charge in [0.05, 0.1) is 6.54 Å². The van der Waals surface area contributed by atoms with E-state index in [0.717, 1.165) is 36.9 Å². The first-order valence-corrected chi connectivity index (χ1v) is 7.78. The van der Waals surface area contributed by atoms with Gasteiger partial charge in [0.25, 0.3) is 0 Å². The number of carbonyl (C=O) groups excluding carboxylic acids is 2. The lowest BCUT2D eigenvalue weighted by atomic mass is 9.89. The summed E-state index contributed by atoms with van der Waals surface area (Å²) in [7, 11) is 0. The van der Waals surface area contributed by atoms with Crippen molar-refractivity contribution in [2.24, 2.45) is 5.92 Å². The zero-order valence-electron chi connectivity index (χ0n) is 12.2. The Morgan fingerprint density at radius 1 is 1.24 bits per heavy atom. The second-order valence-corrected chi connectivity index (χ2v) is 6.00. The number of carbonyl (C=O) groups is 2. The van der Waals surface area contributed by atoms with Crippen molar-refractivity contribution < 1.29 is 9.59 Å². The fraction of sp³-hybridized carbons (Fsp3) is 0.500. The van der Waals surface area contributed by atoms with Crippen LogP contribution >= 0.6 is 11.6 Å². The SMILES string of the molecule is Cc1cc(Cl)ccc1NC(=O)CNC(=O)C1CCCCC1. The van der Waals surface area contributed by atoms with E-state index in [0.29, 0.717) is 5.02 Å². The quantitative estimate of drug-likeness (QED) is 0.896. The van der Waals surface area contributed by atoms with Crippen molar-refractivity contribution in [2.45, 2.75) is 39.0 Å². The maximum absolute atomic E-state index is 12.0. The number of hydrogen-bond acceptors (Lipinski definition) is 2. The Morgan fingerprint density at radius 2 is 1.95 bits per heavy atom. The van der Waals surface area contributed by atoms with Crippen molar-refractivity contribution in [2.75, 3.05) is 11.9 Å². The first-order valence-electron chi connectivity index (χ1n) is 7.40. The second-order valence-electron chi connectivity index (χ2n) is 5.56. The molecule has 114 valence electrons. The molecule has 2 rings (SSSR count). The number of halogens is 1. The van der Waals surface area contributed by atoms with Crippen molar-refractivity contribution in [1.82, 2.24) is 5.32 Å². The number of hydrogen-bond donors (Lipinski definition) is 2. The molecule has 21 heavy (non-hydrogen) atoms. The van der Waals surface area contributed by atoms with E-state index in [1.54, 1.807) is 18.2 Å². The first kappa shape index (κ1) is 15.8. The molecule has 2 N–H and O–H groups in total. The van der Waals surface area contributed by atoms with E-state index in [2.05, 4.69) is 10.6 Å². The molecule has 0 aliphatic heterocycles. The lowest BCUT2D eigenvalue weighted by Gasteiger charge is -2.20. The van der Waals surface area contributed by atoms with Gasteiger partial charge in [-0.25, -0.2) is 0 Å². The standard InChI is InChI=1S/C16H21ClN2O2/c1-11-9-13(17)7-8-14(11)19-15(20)10-18-16(21)12-5-3-2-4-6-12/h7-9,12H,2-6,10H2,1H3,(H,18,21)(H,19,20). The maximum atomic E-state index is 12.0. The molecule has 1 aromatic carbocycles. The van der Waals surface area contributed by atoms with Gasteiger partial charge >= 0.3 is 0 Å². The molecule has 0 aromatic heterocycles. The van der Waals surface area contributed by atoms with Crippen LogP contribution < -0.4 is 10.6 Å². The van der Waals surface area contributed by atoms with Gasteiger partial charge in [0.2, 0.25) is 11.8 Å². The van der Waals surface area contributed by atoms with Crippen LogP contribution in [0, 0.1) is 12.8 Å². The maximum Gasteiger partial charge on any atom is 0.243 e. The van der Waals surface area contributed by atoms with Gasteiger partial charge in [0.15, 0.2) is 0 Å². The molecule has 2 amide bonds. The van der Waals surface area contributed by atoms with Gasteiger partial charge < -0.3 is 10.6 Å². The predicted octanol–water partition coefficient (Wildman–Crippen LogP) is 3.28. The highest BCUT2D eigenvalue weighted by molar-refractivity contribution is 6.30. The van der Waals surface area contributed by atoms with Crippen LogP contribution in [0.15, 0.2) is 18.2 Å². The Hall–Kier alpha value is -1.55. The molecule has 1 aliphatic rings. The summed E-state index contributed by atoms with van der Waals surface area (Å²) >= 11 is 5.87. The minimum absolute atomic E-state index is 0.00215. The van der Waals surface area contributed by atoms with Gasteiger partial charge in [-0.15, -0.1) is 0 Å². The Labute approximate surface area is 130 Å². The van der Waals surface area contributed by atoms with E-state index in [-0.39, 0.29) is 24.3 Å². The molecule has 1 fully saturated rings. The molecule has 0 bridgehead atoms. The fourth-order valence-electron chi connectivity index (χ4n) is 2.64. The molecule has 1 aromatic rings. The highest BCUT2D eigenvalue weighted by Crippen LogP contribution is 2.23.